The quantitative estimate of drug-likeness (QED) is 0.205. The molecule has 1 aliphatic heterocycles. The van der Waals surface area contributed by atoms with Crippen molar-refractivity contribution >= 4 is 22.9 Å². The number of imidazole rings is 1. The Bertz CT molecular complexity index is 1330. The second kappa shape index (κ2) is 11.9. The molecule has 4 rings (SSSR count). The van der Waals surface area contributed by atoms with Gasteiger partial charge in [-0.05, 0) is 58.2 Å². The van der Waals surface area contributed by atoms with Crippen molar-refractivity contribution in [3.63, 3.8) is 0 Å². The minimum absolute atomic E-state index is 0.319. The van der Waals surface area contributed by atoms with Crippen LogP contribution in [0.4, 0.5) is 5.82 Å². The maximum Gasteiger partial charge on any atom is 0.237 e. The monoisotopic (exact) mass is 569 g/mol. The van der Waals surface area contributed by atoms with Gasteiger partial charge in [-0.15, -0.1) is 0 Å². The zero-order chi connectivity index (χ0) is 30.1. The number of hydrogen-bond donors (Lipinski definition) is 5. The molecule has 0 spiro atoms. The first-order valence-corrected chi connectivity index (χ1v) is 13.6. The number of nitrogens with one attached hydrogen (secondary N) is 2. The number of anilines is 1. The van der Waals surface area contributed by atoms with Crippen LogP contribution in [0.3, 0.4) is 0 Å². The van der Waals surface area contributed by atoms with Gasteiger partial charge in [0.05, 0.1) is 37.3 Å². The molecule has 0 radical (unpaired) electrons. The average Bonchev–Trinajstić information content (AvgIpc) is 3.43. The van der Waals surface area contributed by atoms with Crippen molar-refractivity contribution in [3.8, 4) is 5.75 Å². The number of fused-ring (bicyclic) bond motifs is 1. The average molecular weight is 570 g/mol. The minimum Gasteiger partial charge on any atom is -0.497 e. The molecule has 1 aromatic carbocycles. The molecule has 0 saturated carbocycles. The van der Waals surface area contributed by atoms with E-state index in [1.807, 2.05) is 57.1 Å². The Hall–Kier alpha value is -3.36. The van der Waals surface area contributed by atoms with Gasteiger partial charge in [-0.1, -0.05) is 12.1 Å². The molecule has 1 saturated heterocycles. The van der Waals surface area contributed by atoms with Gasteiger partial charge in [0, 0.05) is 19.6 Å². The Morgan fingerprint density at radius 3 is 2.44 bits per heavy atom. The Morgan fingerprint density at radius 1 is 1.17 bits per heavy atom. The number of aliphatic hydroxyl groups is 1. The highest BCUT2D eigenvalue weighted by atomic mass is 16.5. The number of nitrogens with zero attached hydrogens (tertiary/aromatic N) is 5. The predicted octanol–water partition coefficient (Wildman–Crippen LogP) is 0.667. The summed E-state index contributed by atoms with van der Waals surface area (Å²) in [7, 11) is 5.34. The lowest BCUT2D eigenvalue weighted by atomic mass is 9.92. The number of methoxy groups -OCH3 is 1. The van der Waals surface area contributed by atoms with E-state index in [0.717, 1.165) is 11.3 Å². The van der Waals surface area contributed by atoms with Crippen LogP contribution in [-0.4, -0.2) is 87.2 Å². The number of carbonyl (C=O) groups excluding carboxylic acids is 1. The van der Waals surface area contributed by atoms with Crippen LogP contribution in [0.1, 0.15) is 45.9 Å². The molecule has 3 aromatic rings. The lowest BCUT2D eigenvalue weighted by Gasteiger charge is -2.31. The van der Waals surface area contributed by atoms with Crippen molar-refractivity contribution < 1.29 is 19.4 Å². The molecule has 1 amide bonds. The highest BCUT2D eigenvalue weighted by molar-refractivity contribution is 5.83. The molecule has 13 nitrogen and oxygen atoms in total. The van der Waals surface area contributed by atoms with E-state index in [4.69, 9.17) is 20.9 Å². The van der Waals surface area contributed by atoms with Gasteiger partial charge in [0.1, 0.15) is 18.2 Å². The molecule has 4 unspecified atom stereocenters. The van der Waals surface area contributed by atoms with Gasteiger partial charge in [0.15, 0.2) is 23.2 Å². The first-order valence-electron chi connectivity index (χ1n) is 13.6. The fourth-order valence-electron chi connectivity index (χ4n) is 5.12. The highest BCUT2D eigenvalue weighted by Gasteiger charge is 2.47. The van der Waals surface area contributed by atoms with Crippen LogP contribution in [0.25, 0.3) is 11.2 Å². The number of nitrogens with two attached hydrogens (primary N) is 2. The minimum atomic E-state index is -1.12. The second-order valence-electron chi connectivity index (χ2n) is 12.2. The first-order chi connectivity index (χ1) is 19.2. The third-order valence-corrected chi connectivity index (χ3v) is 6.91. The lowest BCUT2D eigenvalue weighted by molar-refractivity contribution is -0.125. The van der Waals surface area contributed by atoms with Gasteiger partial charge >= 0.3 is 0 Å². The summed E-state index contributed by atoms with van der Waals surface area (Å²) < 4.78 is 13.3. The van der Waals surface area contributed by atoms with Crippen LogP contribution < -0.4 is 31.7 Å². The fraction of sp³-hybridized carbons (Fsp3) is 0.571. The number of rotatable bonds is 11. The maximum absolute atomic E-state index is 13.8. The number of ether oxygens (including phenoxy) is 2. The number of aliphatic hydroxyl groups excluding tert-OH is 1. The summed E-state index contributed by atoms with van der Waals surface area (Å²) in [4.78, 5) is 28.8. The third-order valence-electron chi connectivity index (χ3n) is 6.91. The van der Waals surface area contributed by atoms with Gasteiger partial charge in [-0.25, -0.2) is 15.0 Å². The summed E-state index contributed by atoms with van der Waals surface area (Å²) in [6.45, 7) is 7.34. The molecular formula is C28H43N9O4. The number of amides is 1. The standard InChI is InChI=1S/C28H43N9O4/c1-27(2,29)13-19-20(22(38)26(41-19)37-15-33-21-23(36(5)6)31-14-32-24(21)37)34-25(39)18(35-28(3,4)30)12-16-8-10-17(40-7)11-9-16/h8-11,14-15,18-20,22,26,35,38H,12-13,29-30H2,1-7H3,(H,34,39)/t18-,19?,20?,22?,26?/m0/s1. The van der Waals surface area contributed by atoms with Crippen LogP contribution in [0.15, 0.2) is 36.9 Å². The van der Waals surface area contributed by atoms with Gasteiger partial charge in [0.2, 0.25) is 5.91 Å². The Labute approximate surface area is 240 Å². The normalized spacial score (nSPS) is 22.1. The molecule has 224 valence electrons. The molecule has 5 atom stereocenters. The van der Waals surface area contributed by atoms with Gasteiger partial charge < -0.3 is 36.3 Å². The number of carbonyl (C=O) groups is 1. The maximum atomic E-state index is 13.8. The molecule has 0 bridgehead atoms. The fourth-order valence-corrected chi connectivity index (χ4v) is 5.12. The molecule has 3 heterocycles. The highest BCUT2D eigenvalue weighted by Crippen LogP contribution is 2.35. The number of benzene rings is 1. The van der Waals surface area contributed by atoms with Crippen LogP contribution in [0, 0.1) is 0 Å². The van der Waals surface area contributed by atoms with Gasteiger partial charge in [-0.3, -0.25) is 14.7 Å². The molecule has 7 N–H and O–H groups in total. The van der Waals surface area contributed by atoms with Crippen molar-refractivity contribution in [3.05, 3.63) is 42.5 Å². The predicted molar refractivity (Wildman–Crippen MR) is 156 cm³/mol. The molecule has 0 aliphatic carbocycles. The van der Waals surface area contributed by atoms with Crippen molar-refractivity contribution in [2.75, 3.05) is 26.1 Å². The summed E-state index contributed by atoms with van der Waals surface area (Å²) in [5.41, 5.74) is 13.2. The molecular weight excluding hydrogens is 526 g/mol. The second-order valence-corrected chi connectivity index (χ2v) is 12.2. The topological polar surface area (TPSA) is 179 Å². The van der Waals surface area contributed by atoms with Gasteiger partial charge in [-0.2, -0.15) is 0 Å². The van der Waals surface area contributed by atoms with E-state index in [9.17, 15) is 9.90 Å². The summed E-state index contributed by atoms with van der Waals surface area (Å²) in [5.74, 6) is 1.05. The zero-order valence-corrected chi connectivity index (χ0v) is 24.8. The van der Waals surface area contributed by atoms with Crippen molar-refractivity contribution in [1.82, 2.24) is 30.2 Å². The zero-order valence-electron chi connectivity index (χ0n) is 24.8. The largest absolute Gasteiger partial charge is 0.497 e. The number of aromatic nitrogens is 4. The first kappa shape index (κ1) is 30.6. The van der Waals surface area contributed by atoms with Crippen molar-refractivity contribution in [2.45, 2.75) is 82.3 Å². The number of hydrogen-bond acceptors (Lipinski definition) is 11. The van der Waals surface area contributed by atoms with E-state index < -0.39 is 41.7 Å². The summed E-state index contributed by atoms with van der Waals surface area (Å²) in [5, 5.41) is 17.9. The van der Waals surface area contributed by atoms with E-state index >= 15 is 0 Å². The summed E-state index contributed by atoms with van der Waals surface area (Å²) in [6.07, 6.45) is 1.21. The lowest BCUT2D eigenvalue weighted by Crippen LogP contribution is -2.61. The summed E-state index contributed by atoms with van der Waals surface area (Å²) >= 11 is 0. The van der Waals surface area contributed by atoms with Crippen molar-refractivity contribution in [2.24, 2.45) is 11.5 Å². The Kier molecular flexibility index (Phi) is 8.85. The molecule has 41 heavy (non-hydrogen) atoms. The van der Waals surface area contributed by atoms with Crippen LogP contribution in [0.2, 0.25) is 0 Å². The molecule has 1 aliphatic rings. The van der Waals surface area contributed by atoms with E-state index in [0.29, 0.717) is 29.8 Å². The van der Waals surface area contributed by atoms with E-state index in [1.54, 1.807) is 31.9 Å². The smallest absolute Gasteiger partial charge is 0.237 e. The summed E-state index contributed by atoms with van der Waals surface area (Å²) in [6, 6.07) is 6.05. The SMILES string of the molecule is COc1ccc(C[C@H](NC(C)(C)N)C(=O)NC2C(CC(C)(C)N)OC(n3cnc4c(N(C)C)ncnc43)C2O)cc1. The van der Waals surface area contributed by atoms with E-state index in [2.05, 4.69) is 25.6 Å². The Balaban J connectivity index is 1.62. The Morgan fingerprint density at radius 2 is 1.85 bits per heavy atom. The van der Waals surface area contributed by atoms with Crippen LogP contribution >= 0.6 is 0 Å². The van der Waals surface area contributed by atoms with Crippen molar-refractivity contribution in [1.29, 1.82) is 0 Å². The molecule has 13 heteroatoms. The van der Waals surface area contributed by atoms with Crippen LogP contribution in [0.5, 0.6) is 5.75 Å². The van der Waals surface area contributed by atoms with Gasteiger partial charge in [0.25, 0.3) is 0 Å². The molecule has 1 fully saturated rings. The third kappa shape index (κ3) is 7.29. The van der Waals surface area contributed by atoms with E-state index in [1.165, 1.54) is 6.33 Å². The molecule has 2 aromatic heterocycles. The van der Waals surface area contributed by atoms with Crippen LogP contribution in [-0.2, 0) is 16.0 Å². The van der Waals surface area contributed by atoms with E-state index in [-0.39, 0.29) is 5.91 Å².